The van der Waals surface area contributed by atoms with E-state index in [1.807, 2.05) is 24.3 Å². The van der Waals surface area contributed by atoms with Crippen molar-refractivity contribution in [2.75, 3.05) is 0 Å². The van der Waals surface area contributed by atoms with Crippen LogP contribution in [0, 0.1) is 0 Å². The Labute approximate surface area is 129 Å². The lowest BCUT2D eigenvalue weighted by atomic mass is 10.1. The summed E-state index contributed by atoms with van der Waals surface area (Å²) in [5, 5.41) is 8.22. The van der Waals surface area contributed by atoms with Crippen molar-refractivity contribution in [1.29, 1.82) is 0 Å². The van der Waals surface area contributed by atoms with Gasteiger partial charge < -0.3 is 4.74 Å². The number of hydrogen-bond donors (Lipinski definition) is 0. The zero-order valence-electron chi connectivity index (χ0n) is 12.3. The number of hydrogen-bond acceptors (Lipinski definition) is 3. The summed E-state index contributed by atoms with van der Waals surface area (Å²) in [5.41, 5.74) is 3.65. The number of benzene rings is 2. The van der Waals surface area contributed by atoms with Crippen molar-refractivity contribution in [3.05, 3.63) is 71.8 Å². The average Bonchev–Trinajstić information content (AvgIpc) is 2.96. The van der Waals surface area contributed by atoms with E-state index in [0.717, 1.165) is 30.8 Å². The van der Waals surface area contributed by atoms with Crippen molar-refractivity contribution in [1.82, 2.24) is 14.8 Å². The first-order valence-corrected chi connectivity index (χ1v) is 7.59. The van der Waals surface area contributed by atoms with Crippen LogP contribution in [0.3, 0.4) is 0 Å². The molecule has 0 unspecified atom stereocenters. The fourth-order valence-corrected chi connectivity index (χ4v) is 2.90. The number of ether oxygens (including phenoxy) is 1. The van der Waals surface area contributed by atoms with Gasteiger partial charge in [0.2, 0.25) is 0 Å². The Morgan fingerprint density at radius 2 is 1.95 bits per heavy atom. The van der Waals surface area contributed by atoms with Crippen molar-refractivity contribution in [3.63, 3.8) is 0 Å². The van der Waals surface area contributed by atoms with Gasteiger partial charge in [-0.2, -0.15) is 0 Å². The van der Waals surface area contributed by atoms with E-state index in [4.69, 9.17) is 4.74 Å². The molecule has 0 atom stereocenters. The zero-order valence-corrected chi connectivity index (χ0v) is 12.3. The lowest BCUT2D eigenvalue weighted by Gasteiger charge is -2.12. The molecule has 2 aromatic carbocycles. The van der Waals surface area contributed by atoms with Crippen LogP contribution in [-0.4, -0.2) is 14.8 Å². The molecule has 0 radical (unpaired) electrons. The van der Waals surface area contributed by atoms with Gasteiger partial charge in [-0.25, -0.2) is 0 Å². The summed E-state index contributed by atoms with van der Waals surface area (Å²) >= 11 is 0. The van der Waals surface area contributed by atoms with Gasteiger partial charge in [-0.05, 0) is 42.2 Å². The third-order valence-corrected chi connectivity index (χ3v) is 4.02. The summed E-state index contributed by atoms with van der Waals surface area (Å²) in [7, 11) is 0. The molecule has 0 spiro atoms. The Hall–Kier alpha value is -2.62. The lowest BCUT2D eigenvalue weighted by Crippen LogP contribution is -2.00. The smallest absolute Gasteiger partial charge is 0.137 e. The van der Waals surface area contributed by atoms with Crippen LogP contribution < -0.4 is 4.74 Å². The quantitative estimate of drug-likeness (QED) is 0.743. The lowest BCUT2D eigenvalue weighted by molar-refractivity contribution is 0.306. The minimum atomic E-state index is 0.595. The summed E-state index contributed by atoms with van der Waals surface area (Å²) in [6.45, 7) is 0.595. The van der Waals surface area contributed by atoms with Crippen molar-refractivity contribution in [2.45, 2.75) is 25.9 Å². The molecular weight excluding hydrogens is 274 g/mol. The van der Waals surface area contributed by atoms with Crippen LogP contribution in [0.1, 0.15) is 23.4 Å². The molecule has 0 bridgehead atoms. The van der Waals surface area contributed by atoms with Gasteiger partial charge in [0.05, 0.1) is 5.69 Å². The molecule has 4 rings (SSSR count). The van der Waals surface area contributed by atoms with E-state index in [1.54, 1.807) is 6.33 Å². The van der Waals surface area contributed by atoms with E-state index >= 15 is 0 Å². The summed E-state index contributed by atoms with van der Waals surface area (Å²) in [4.78, 5) is 0. The fraction of sp³-hybridized carbons (Fsp3) is 0.222. The van der Waals surface area contributed by atoms with Crippen LogP contribution >= 0.6 is 0 Å². The minimum Gasteiger partial charge on any atom is -0.489 e. The monoisotopic (exact) mass is 291 g/mol. The predicted molar refractivity (Wildman–Crippen MR) is 84.2 cm³/mol. The standard InChI is InChI=1S/C18H17N3O/c1-2-5-14(6-3-1)12-22-16-9-10-17-15(11-16)7-4-8-18-20-19-13-21(17)18/h1-3,5-6,9-11,13H,4,7-8,12H2. The van der Waals surface area contributed by atoms with E-state index in [0.29, 0.717) is 6.61 Å². The largest absolute Gasteiger partial charge is 0.489 e. The molecule has 4 nitrogen and oxygen atoms in total. The van der Waals surface area contributed by atoms with E-state index in [9.17, 15) is 0 Å². The molecule has 0 saturated heterocycles. The molecule has 22 heavy (non-hydrogen) atoms. The van der Waals surface area contributed by atoms with Crippen molar-refractivity contribution in [3.8, 4) is 11.4 Å². The maximum atomic E-state index is 5.93. The number of nitrogens with zero attached hydrogens (tertiary/aromatic N) is 3. The van der Waals surface area contributed by atoms with Crippen LogP contribution in [0.25, 0.3) is 5.69 Å². The Bertz CT molecular complexity index is 780. The molecule has 0 fully saturated rings. The second-order valence-electron chi connectivity index (χ2n) is 5.54. The molecule has 0 aliphatic carbocycles. The van der Waals surface area contributed by atoms with Gasteiger partial charge in [0.25, 0.3) is 0 Å². The summed E-state index contributed by atoms with van der Waals surface area (Å²) in [6, 6.07) is 16.5. The van der Waals surface area contributed by atoms with Gasteiger partial charge >= 0.3 is 0 Å². The summed E-state index contributed by atoms with van der Waals surface area (Å²) in [5.74, 6) is 1.95. The Morgan fingerprint density at radius 1 is 1.05 bits per heavy atom. The maximum Gasteiger partial charge on any atom is 0.137 e. The van der Waals surface area contributed by atoms with Crippen molar-refractivity contribution in [2.24, 2.45) is 0 Å². The van der Waals surface area contributed by atoms with E-state index < -0.39 is 0 Å². The summed E-state index contributed by atoms with van der Waals surface area (Å²) < 4.78 is 8.01. The third kappa shape index (κ3) is 2.48. The third-order valence-electron chi connectivity index (χ3n) is 4.02. The van der Waals surface area contributed by atoms with Crippen LogP contribution in [0.4, 0.5) is 0 Å². The highest BCUT2D eigenvalue weighted by atomic mass is 16.5. The number of fused-ring (bicyclic) bond motifs is 3. The molecule has 0 amide bonds. The van der Waals surface area contributed by atoms with Crippen LogP contribution in [0.2, 0.25) is 0 Å². The topological polar surface area (TPSA) is 39.9 Å². The first kappa shape index (κ1) is 13.1. The number of aryl methyl sites for hydroxylation is 2. The predicted octanol–water partition coefficient (Wildman–Crippen LogP) is 3.34. The molecule has 1 aromatic heterocycles. The number of aromatic nitrogens is 3. The zero-order chi connectivity index (χ0) is 14.8. The first-order valence-electron chi connectivity index (χ1n) is 7.59. The van der Waals surface area contributed by atoms with Crippen LogP contribution in [-0.2, 0) is 19.4 Å². The second kappa shape index (κ2) is 5.64. The molecule has 110 valence electrons. The van der Waals surface area contributed by atoms with Crippen molar-refractivity contribution >= 4 is 0 Å². The SMILES string of the molecule is c1ccc(COc2ccc3c(c2)CCCc2nncn2-3)cc1. The first-order chi connectivity index (χ1) is 10.9. The normalized spacial score (nSPS) is 13.1. The molecule has 1 aliphatic rings. The number of rotatable bonds is 3. The highest BCUT2D eigenvalue weighted by molar-refractivity contribution is 5.47. The molecule has 1 aliphatic heterocycles. The Balaban J connectivity index is 1.59. The molecule has 0 N–H and O–H groups in total. The fourth-order valence-electron chi connectivity index (χ4n) is 2.90. The van der Waals surface area contributed by atoms with Crippen molar-refractivity contribution < 1.29 is 4.74 Å². The highest BCUT2D eigenvalue weighted by Gasteiger charge is 2.15. The Kier molecular flexibility index (Phi) is 3.35. The van der Waals surface area contributed by atoms with Crippen LogP contribution in [0.5, 0.6) is 5.75 Å². The minimum absolute atomic E-state index is 0.595. The van der Waals surface area contributed by atoms with E-state index in [2.05, 4.69) is 39.0 Å². The molecule has 0 saturated carbocycles. The van der Waals surface area contributed by atoms with Crippen LogP contribution in [0.15, 0.2) is 54.9 Å². The van der Waals surface area contributed by atoms with Gasteiger partial charge in [0, 0.05) is 6.42 Å². The van der Waals surface area contributed by atoms with E-state index in [1.165, 1.54) is 16.8 Å². The van der Waals surface area contributed by atoms with Gasteiger partial charge in [0.1, 0.15) is 24.5 Å². The van der Waals surface area contributed by atoms with Gasteiger partial charge in [-0.1, -0.05) is 30.3 Å². The average molecular weight is 291 g/mol. The molecule has 3 aromatic rings. The second-order valence-corrected chi connectivity index (χ2v) is 5.54. The molecular formula is C18H17N3O. The van der Waals surface area contributed by atoms with Gasteiger partial charge in [0.15, 0.2) is 0 Å². The maximum absolute atomic E-state index is 5.93. The van der Waals surface area contributed by atoms with Gasteiger partial charge in [-0.15, -0.1) is 10.2 Å². The summed E-state index contributed by atoms with van der Waals surface area (Å²) in [6.07, 6.45) is 4.90. The molecule has 2 heterocycles. The highest BCUT2D eigenvalue weighted by Crippen LogP contribution is 2.27. The van der Waals surface area contributed by atoms with E-state index in [-0.39, 0.29) is 0 Å². The molecule has 4 heteroatoms. The van der Waals surface area contributed by atoms with Gasteiger partial charge in [-0.3, -0.25) is 4.57 Å². The Morgan fingerprint density at radius 3 is 2.86 bits per heavy atom.